The van der Waals surface area contributed by atoms with Crippen LogP contribution in [-0.2, 0) is 22.4 Å². The quantitative estimate of drug-likeness (QED) is 0.192. The molecule has 0 unspecified atom stereocenters. The lowest BCUT2D eigenvalue weighted by atomic mass is 9.95. The van der Waals surface area contributed by atoms with Gasteiger partial charge in [-0.15, -0.1) is 0 Å². The average molecular weight is 661 g/mol. The van der Waals surface area contributed by atoms with E-state index < -0.39 is 12.1 Å². The maximum absolute atomic E-state index is 14.5. The summed E-state index contributed by atoms with van der Waals surface area (Å²) in [6, 6.07) is 30.3. The van der Waals surface area contributed by atoms with Crippen LogP contribution in [0.5, 0.6) is 23.0 Å². The maximum atomic E-state index is 14.5. The van der Waals surface area contributed by atoms with E-state index in [9.17, 15) is 14.4 Å². The van der Waals surface area contributed by atoms with Crippen LogP contribution in [0.25, 0.3) is 0 Å². The molecule has 0 aromatic heterocycles. The Morgan fingerprint density at radius 2 is 1.57 bits per heavy atom. The van der Waals surface area contributed by atoms with E-state index in [0.717, 1.165) is 11.1 Å². The van der Waals surface area contributed by atoms with Crippen LogP contribution in [0.1, 0.15) is 29.7 Å². The zero-order valence-electron chi connectivity index (χ0n) is 27.8. The molecule has 49 heavy (non-hydrogen) atoms. The molecule has 0 spiro atoms. The van der Waals surface area contributed by atoms with Crippen molar-refractivity contribution in [2.75, 3.05) is 33.9 Å². The Hall–Kier alpha value is -5.77. The summed E-state index contributed by atoms with van der Waals surface area (Å²) in [5, 5.41) is 6.11. The average Bonchev–Trinajstić information content (AvgIpc) is 3.47. The molecule has 0 bridgehead atoms. The number of nitrogens with zero attached hydrogens (tertiary/aromatic N) is 2. The lowest BCUT2D eigenvalue weighted by Gasteiger charge is -2.33. The highest BCUT2D eigenvalue weighted by atomic mass is 16.5. The molecule has 2 N–H and O–H groups in total. The van der Waals surface area contributed by atoms with Gasteiger partial charge in [-0.05, 0) is 66.4 Å². The molecule has 2 atom stereocenters. The number of carbonyl (C=O) groups excluding carboxylic acids is 3. The minimum absolute atomic E-state index is 0.132. The predicted molar refractivity (Wildman–Crippen MR) is 186 cm³/mol. The van der Waals surface area contributed by atoms with Gasteiger partial charge >= 0.3 is 6.03 Å². The largest absolute Gasteiger partial charge is 0.493 e. The van der Waals surface area contributed by atoms with Crippen molar-refractivity contribution in [3.05, 3.63) is 131 Å². The first-order valence-corrected chi connectivity index (χ1v) is 16.4. The second-order valence-corrected chi connectivity index (χ2v) is 11.8. The summed E-state index contributed by atoms with van der Waals surface area (Å²) in [5.74, 6) is 1.94. The Bertz CT molecular complexity index is 1840. The van der Waals surface area contributed by atoms with Gasteiger partial charge < -0.3 is 29.7 Å². The SMILES string of the molecule is CCN1C(=O)N[C@@H](c2cccc(Oc3ccccc3)c2)C2=C1CN([C@@H](Cc1ccccc1)C(=O)NCCc1ccc(OC)c(OC)c1)C2=O. The monoisotopic (exact) mass is 660 g/mol. The van der Waals surface area contributed by atoms with Crippen molar-refractivity contribution in [3.63, 3.8) is 0 Å². The number of para-hydroxylation sites is 1. The van der Waals surface area contributed by atoms with E-state index in [1.807, 2.05) is 110 Å². The van der Waals surface area contributed by atoms with Gasteiger partial charge in [0.05, 0.1) is 38.1 Å². The van der Waals surface area contributed by atoms with Crippen molar-refractivity contribution in [2.45, 2.75) is 31.8 Å². The Labute approximate surface area is 286 Å². The van der Waals surface area contributed by atoms with Crippen LogP contribution in [-0.4, -0.2) is 67.5 Å². The molecule has 10 nitrogen and oxygen atoms in total. The molecule has 10 heteroatoms. The molecule has 0 aliphatic carbocycles. The molecule has 4 aromatic rings. The molecule has 252 valence electrons. The number of hydrogen-bond acceptors (Lipinski definition) is 6. The van der Waals surface area contributed by atoms with Crippen LogP contribution in [0, 0.1) is 0 Å². The third kappa shape index (κ3) is 7.23. The summed E-state index contributed by atoms with van der Waals surface area (Å²) < 4.78 is 16.8. The fourth-order valence-electron chi connectivity index (χ4n) is 6.40. The molecule has 0 radical (unpaired) electrons. The van der Waals surface area contributed by atoms with Gasteiger partial charge in [-0.2, -0.15) is 0 Å². The third-order valence-electron chi connectivity index (χ3n) is 8.85. The molecule has 0 fully saturated rings. The van der Waals surface area contributed by atoms with Crippen LogP contribution in [0.3, 0.4) is 0 Å². The zero-order chi connectivity index (χ0) is 34.3. The summed E-state index contributed by atoms with van der Waals surface area (Å²) in [5.41, 5.74) is 3.65. The van der Waals surface area contributed by atoms with Gasteiger partial charge in [0.15, 0.2) is 11.5 Å². The second kappa shape index (κ2) is 15.0. The standard InChI is InChI=1S/C39H40N4O6/c1-4-42-32-25-43(38(45)35(32)36(41-39(42)46)28-14-11-17-30(24-28)49-29-15-9-6-10-16-29)31(22-26-12-7-5-8-13-26)37(44)40-21-20-27-18-19-33(47-2)34(23-27)48-3/h5-19,23-24,31,36H,4,20-22,25H2,1-3H3,(H,40,44)(H,41,46)/t31-,36-/m0/s1. The highest BCUT2D eigenvalue weighted by Crippen LogP contribution is 2.38. The van der Waals surface area contributed by atoms with E-state index in [4.69, 9.17) is 14.2 Å². The number of amides is 4. The summed E-state index contributed by atoms with van der Waals surface area (Å²) in [7, 11) is 3.17. The van der Waals surface area contributed by atoms with Crippen molar-refractivity contribution < 1.29 is 28.6 Å². The lowest BCUT2D eigenvalue weighted by molar-refractivity contribution is -0.136. The third-order valence-corrected chi connectivity index (χ3v) is 8.85. The Morgan fingerprint density at radius 3 is 2.29 bits per heavy atom. The molecule has 2 aliphatic heterocycles. The Kier molecular flexibility index (Phi) is 10.1. The molecular formula is C39H40N4O6. The summed E-state index contributed by atoms with van der Waals surface area (Å²) >= 11 is 0. The molecular weight excluding hydrogens is 620 g/mol. The van der Waals surface area contributed by atoms with Crippen molar-refractivity contribution in [1.82, 2.24) is 20.4 Å². The normalized spacial score (nSPS) is 16.2. The van der Waals surface area contributed by atoms with E-state index in [1.165, 1.54) is 0 Å². The van der Waals surface area contributed by atoms with Crippen LogP contribution >= 0.6 is 0 Å². The molecule has 4 amide bonds. The number of rotatable bonds is 13. The Balaban J connectivity index is 1.26. The molecule has 0 saturated carbocycles. The topological polar surface area (TPSA) is 109 Å². The van der Waals surface area contributed by atoms with E-state index in [2.05, 4.69) is 10.6 Å². The van der Waals surface area contributed by atoms with Gasteiger partial charge in [0, 0.05) is 19.5 Å². The van der Waals surface area contributed by atoms with Crippen LogP contribution in [0.15, 0.2) is 114 Å². The summed E-state index contributed by atoms with van der Waals surface area (Å²) in [4.78, 5) is 45.1. The molecule has 2 heterocycles. The first kappa shape index (κ1) is 33.1. The van der Waals surface area contributed by atoms with Gasteiger partial charge in [-0.1, -0.05) is 66.7 Å². The first-order valence-electron chi connectivity index (χ1n) is 16.4. The molecule has 4 aromatic carbocycles. The first-order chi connectivity index (χ1) is 23.9. The van der Waals surface area contributed by atoms with Crippen LogP contribution in [0.2, 0.25) is 0 Å². The van der Waals surface area contributed by atoms with E-state index in [0.29, 0.717) is 65.8 Å². The van der Waals surface area contributed by atoms with Gasteiger partial charge in [0.25, 0.3) is 5.91 Å². The molecule has 6 rings (SSSR count). The highest BCUT2D eigenvalue weighted by Gasteiger charge is 2.46. The molecule has 2 aliphatic rings. The van der Waals surface area contributed by atoms with E-state index in [-0.39, 0.29) is 24.4 Å². The smallest absolute Gasteiger partial charge is 0.322 e. The van der Waals surface area contributed by atoms with Crippen molar-refractivity contribution in [3.8, 4) is 23.0 Å². The van der Waals surface area contributed by atoms with Crippen LogP contribution in [0.4, 0.5) is 4.79 Å². The second-order valence-electron chi connectivity index (χ2n) is 11.8. The van der Waals surface area contributed by atoms with Gasteiger partial charge in [-0.3, -0.25) is 14.5 Å². The van der Waals surface area contributed by atoms with E-state index in [1.54, 1.807) is 24.0 Å². The van der Waals surface area contributed by atoms with Gasteiger partial charge in [0.1, 0.15) is 17.5 Å². The van der Waals surface area contributed by atoms with Gasteiger partial charge in [-0.25, -0.2) is 4.79 Å². The fraction of sp³-hybridized carbons (Fsp3) is 0.256. The van der Waals surface area contributed by atoms with Crippen LogP contribution < -0.4 is 24.8 Å². The number of benzene rings is 4. The minimum Gasteiger partial charge on any atom is -0.493 e. The number of methoxy groups -OCH3 is 2. The minimum atomic E-state index is -0.812. The number of hydrogen-bond donors (Lipinski definition) is 2. The Morgan fingerprint density at radius 1 is 0.857 bits per heavy atom. The summed E-state index contributed by atoms with van der Waals surface area (Å²) in [6.07, 6.45) is 0.867. The summed E-state index contributed by atoms with van der Waals surface area (Å²) in [6.45, 7) is 2.73. The lowest BCUT2D eigenvalue weighted by Crippen LogP contribution is -2.50. The van der Waals surface area contributed by atoms with Crippen molar-refractivity contribution in [1.29, 1.82) is 0 Å². The van der Waals surface area contributed by atoms with Crippen molar-refractivity contribution >= 4 is 17.8 Å². The van der Waals surface area contributed by atoms with E-state index >= 15 is 0 Å². The highest BCUT2D eigenvalue weighted by molar-refractivity contribution is 6.03. The van der Waals surface area contributed by atoms with Crippen molar-refractivity contribution in [2.24, 2.45) is 0 Å². The number of urea groups is 1. The number of likely N-dealkylation sites (N-methyl/N-ethyl adjacent to an activating group) is 1. The fourth-order valence-corrected chi connectivity index (χ4v) is 6.40. The zero-order valence-corrected chi connectivity index (χ0v) is 27.8. The predicted octanol–water partition coefficient (Wildman–Crippen LogP) is 5.65. The number of carbonyl (C=O) groups is 3. The maximum Gasteiger partial charge on any atom is 0.322 e. The van der Waals surface area contributed by atoms with Gasteiger partial charge in [0.2, 0.25) is 5.91 Å². The molecule has 0 saturated heterocycles. The number of nitrogens with one attached hydrogen (secondary N) is 2. The number of ether oxygens (including phenoxy) is 3.